The number of carbonyl (C=O) groups is 1. The molecule has 0 atom stereocenters. The third-order valence-corrected chi connectivity index (χ3v) is 6.37. The minimum absolute atomic E-state index is 0.160. The maximum atomic E-state index is 12.2. The van der Waals surface area contributed by atoms with Crippen molar-refractivity contribution in [1.29, 1.82) is 0 Å². The average molecular weight is 401 g/mol. The third kappa shape index (κ3) is 5.24. The molecule has 3 aromatic rings. The van der Waals surface area contributed by atoms with Crippen molar-refractivity contribution < 1.29 is 13.2 Å². The molecule has 0 saturated carbocycles. The van der Waals surface area contributed by atoms with Crippen LogP contribution in [0, 0.1) is 13.8 Å². The molecule has 0 aliphatic rings. The van der Waals surface area contributed by atoms with Gasteiger partial charge in [-0.15, -0.1) is 11.3 Å². The Kier molecular flexibility index (Phi) is 5.72. The number of carbonyl (C=O) groups excluding carboxylic acids is 1. The number of aryl methyl sites for hydroxylation is 2. The zero-order chi connectivity index (χ0) is 19.4. The Hall–Kier alpha value is -2.51. The van der Waals surface area contributed by atoms with Gasteiger partial charge in [0, 0.05) is 10.9 Å². The predicted molar refractivity (Wildman–Crippen MR) is 110 cm³/mol. The van der Waals surface area contributed by atoms with Gasteiger partial charge in [-0.1, -0.05) is 42.5 Å². The highest BCUT2D eigenvalue weighted by atomic mass is 32.2. The van der Waals surface area contributed by atoms with Gasteiger partial charge < -0.3 is 5.32 Å². The van der Waals surface area contributed by atoms with Crippen LogP contribution >= 0.6 is 11.3 Å². The van der Waals surface area contributed by atoms with E-state index in [2.05, 4.69) is 10.3 Å². The second-order valence-electron chi connectivity index (χ2n) is 6.40. The highest BCUT2D eigenvalue weighted by Crippen LogP contribution is 2.26. The first-order valence-electron chi connectivity index (χ1n) is 8.40. The van der Waals surface area contributed by atoms with Crippen molar-refractivity contribution in [3.05, 3.63) is 70.6 Å². The molecule has 0 fully saturated rings. The second-order valence-corrected chi connectivity index (χ2v) is 9.33. The Bertz CT molecular complexity index is 1060. The molecular weight excluding hydrogens is 380 g/mol. The molecule has 1 amide bonds. The number of hydrogen-bond acceptors (Lipinski definition) is 5. The van der Waals surface area contributed by atoms with Crippen molar-refractivity contribution in [1.82, 2.24) is 4.98 Å². The first kappa shape index (κ1) is 19.3. The molecule has 1 N–H and O–H groups in total. The molecular formula is C20H20N2O3S2. The van der Waals surface area contributed by atoms with E-state index in [0.29, 0.717) is 10.7 Å². The van der Waals surface area contributed by atoms with Gasteiger partial charge in [-0.3, -0.25) is 4.79 Å². The molecule has 1 heterocycles. The van der Waals surface area contributed by atoms with Crippen molar-refractivity contribution in [3.8, 4) is 11.3 Å². The minimum Gasteiger partial charge on any atom is -0.301 e. The van der Waals surface area contributed by atoms with Crippen LogP contribution in [0.5, 0.6) is 0 Å². The minimum atomic E-state index is -3.54. The van der Waals surface area contributed by atoms with Crippen LogP contribution in [-0.4, -0.2) is 25.1 Å². The fourth-order valence-corrected chi connectivity index (χ4v) is 4.61. The number of benzene rings is 2. The van der Waals surface area contributed by atoms with Gasteiger partial charge in [0.05, 0.1) is 11.4 Å². The van der Waals surface area contributed by atoms with E-state index in [1.165, 1.54) is 16.9 Å². The van der Waals surface area contributed by atoms with Crippen LogP contribution in [0.15, 0.2) is 53.9 Å². The Labute approximate surface area is 163 Å². The van der Waals surface area contributed by atoms with Gasteiger partial charge in [0.15, 0.2) is 15.0 Å². The van der Waals surface area contributed by atoms with Crippen molar-refractivity contribution in [3.63, 3.8) is 0 Å². The summed E-state index contributed by atoms with van der Waals surface area (Å²) in [4.78, 5) is 16.5. The molecule has 140 valence electrons. The molecule has 2 aromatic carbocycles. The van der Waals surface area contributed by atoms with Gasteiger partial charge in [-0.05, 0) is 36.6 Å². The highest BCUT2D eigenvalue weighted by molar-refractivity contribution is 7.91. The van der Waals surface area contributed by atoms with E-state index < -0.39 is 21.5 Å². The molecule has 0 unspecified atom stereocenters. The molecule has 5 nitrogen and oxygen atoms in total. The lowest BCUT2D eigenvalue weighted by Crippen LogP contribution is -2.23. The first-order valence-corrected chi connectivity index (χ1v) is 11.1. The molecule has 0 spiro atoms. The Morgan fingerprint density at radius 2 is 1.81 bits per heavy atom. The Balaban J connectivity index is 1.64. The molecule has 0 aliphatic heterocycles. The summed E-state index contributed by atoms with van der Waals surface area (Å²) in [6.07, 6.45) is 0. The number of amides is 1. The smallest absolute Gasteiger partial charge is 0.241 e. The summed E-state index contributed by atoms with van der Waals surface area (Å²) in [6.45, 7) is 4.08. The molecule has 1 aromatic heterocycles. The van der Waals surface area contributed by atoms with Crippen LogP contribution in [0.2, 0.25) is 0 Å². The summed E-state index contributed by atoms with van der Waals surface area (Å²) < 4.78 is 24.4. The number of aromatic nitrogens is 1. The van der Waals surface area contributed by atoms with Gasteiger partial charge in [-0.2, -0.15) is 0 Å². The lowest BCUT2D eigenvalue weighted by Gasteiger charge is -2.05. The monoisotopic (exact) mass is 400 g/mol. The first-order chi connectivity index (χ1) is 12.8. The van der Waals surface area contributed by atoms with Crippen LogP contribution in [-0.2, 0) is 20.4 Å². The average Bonchev–Trinajstić information content (AvgIpc) is 3.05. The molecule has 0 aliphatic carbocycles. The van der Waals surface area contributed by atoms with Gasteiger partial charge in [0.1, 0.15) is 5.75 Å². The molecule has 3 rings (SSSR count). The van der Waals surface area contributed by atoms with Gasteiger partial charge >= 0.3 is 0 Å². The molecule has 27 heavy (non-hydrogen) atoms. The summed E-state index contributed by atoms with van der Waals surface area (Å²) in [5.41, 5.74) is 4.75. The normalized spacial score (nSPS) is 11.3. The van der Waals surface area contributed by atoms with Crippen LogP contribution in [0.1, 0.15) is 16.7 Å². The Morgan fingerprint density at radius 3 is 2.52 bits per heavy atom. The third-order valence-electron chi connectivity index (χ3n) is 4.13. The topological polar surface area (TPSA) is 76.1 Å². The van der Waals surface area contributed by atoms with E-state index in [1.807, 2.05) is 43.5 Å². The van der Waals surface area contributed by atoms with Gasteiger partial charge in [-0.25, -0.2) is 13.4 Å². The number of thiazole rings is 1. The highest BCUT2D eigenvalue weighted by Gasteiger charge is 2.18. The van der Waals surface area contributed by atoms with Crippen molar-refractivity contribution >= 4 is 32.2 Å². The summed E-state index contributed by atoms with van der Waals surface area (Å²) in [5.74, 6) is -1.31. The van der Waals surface area contributed by atoms with Gasteiger partial charge in [0.25, 0.3) is 0 Å². The summed E-state index contributed by atoms with van der Waals surface area (Å²) in [7, 11) is -3.54. The zero-order valence-electron chi connectivity index (χ0n) is 15.1. The van der Waals surface area contributed by atoms with Gasteiger partial charge in [0.2, 0.25) is 5.91 Å². The molecule has 0 saturated heterocycles. The summed E-state index contributed by atoms with van der Waals surface area (Å²) in [6, 6.07) is 14.9. The zero-order valence-corrected chi connectivity index (χ0v) is 16.7. The number of nitrogens with zero attached hydrogens (tertiary/aromatic N) is 1. The van der Waals surface area contributed by atoms with E-state index in [1.54, 1.807) is 24.3 Å². The van der Waals surface area contributed by atoms with Crippen LogP contribution < -0.4 is 5.32 Å². The van der Waals surface area contributed by atoms with E-state index in [4.69, 9.17) is 0 Å². The standard InChI is InChI=1S/C20H20N2O3S2/c1-14-8-9-17(10-15(14)2)18-11-26-20(21-18)22-19(23)13-27(24,25)12-16-6-4-3-5-7-16/h3-11H,12-13H2,1-2H3,(H,21,22,23). The van der Waals surface area contributed by atoms with Crippen LogP contribution in [0.3, 0.4) is 0 Å². The Morgan fingerprint density at radius 1 is 1.07 bits per heavy atom. The number of sulfone groups is 1. The maximum absolute atomic E-state index is 12.2. The summed E-state index contributed by atoms with van der Waals surface area (Å²) in [5, 5.41) is 4.83. The SMILES string of the molecule is Cc1ccc(-c2csc(NC(=O)CS(=O)(=O)Cc3ccccc3)n2)cc1C. The largest absolute Gasteiger partial charge is 0.301 e. The molecule has 0 bridgehead atoms. The lowest BCUT2D eigenvalue weighted by atomic mass is 10.1. The number of nitrogens with one attached hydrogen (secondary N) is 1. The number of rotatable bonds is 6. The van der Waals surface area contributed by atoms with E-state index in [0.717, 1.165) is 16.8 Å². The fraction of sp³-hybridized carbons (Fsp3) is 0.200. The van der Waals surface area contributed by atoms with Crippen molar-refractivity contribution in [2.75, 3.05) is 11.1 Å². The fourth-order valence-electron chi connectivity index (χ4n) is 2.60. The van der Waals surface area contributed by atoms with Crippen molar-refractivity contribution in [2.24, 2.45) is 0 Å². The predicted octanol–water partition coefficient (Wildman–Crippen LogP) is 3.98. The second kappa shape index (κ2) is 8.02. The lowest BCUT2D eigenvalue weighted by molar-refractivity contribution is -0.113. The van der Waals surface area contributed by atoms with E-state index in [9.17, 15) is 13.2 Å². The van der Waals surface area contributed by atoms with E-state index in [-0.39, 0.29) is 5.75 Å². The van der Waals surface area contributed by atoms with Crippen LogP contribution in [0.25, 0.3) is 11.3 Å². The summed E-state index contributed by atoms with van der Waals surface area (Å²) >= 11 is 1.27. The van der Waals surface area contributed by atoms with Crippen LogP contribution in [0.4, 0.5) is 5.13 Å². The number of anilines is 1. The van der Waals surface area contributed by atoms with Crippen molar-refractivity contribution in [2.45, 2.75) is 19.6 Å². The molecule has 7 heteroatoms. The maximum Gasteiger partial charge on any atom is 0.241 e. The number of hydrogen-bond donors (Lipinski definition) is 1. The molecule has 0 radical (unpaired) electrons. The quantitative estimate of drug-likeness (QED) is 0.679. The van der Waals surface area contributed by atoms with E-state index >= 15 is 0 Å².